The van der Waals surface area contributed by atoms with Gasteiger partial charge in [-0.15, -0.1) is 0 Å². The minimum Gasteiger partial charge on any atom is -0.324 e. The molecule has 0 aromatic rings. The Bertz CT molecular complexity index is 200. The average Bonchev–Trinajstić information content (AvgIpc) is 2.19. The highest BCUT2D eigenvalue weighted by molar-refractivity contribution is 5.95. The number of piperidine rings is 1. The Hall–Kier alpha value is -1.10. The Kier molecular flexibility index (Phi) is 3.70. The number of hydrogen-bond donors (Lipinski definition) is 2. The van der Waals surface area contributed by atoms with Gasteiger partial charge in [0.2, 0.25) is 5.91 Å². The van der Waals surface area contributed by atoms with Crippen LogP contribution in [0.3, 0.4) is 0 Å². The van der Waals surface area contributed by atoms with E-state index in [1.54, 1.807) is 4.90 Å². The third-order valence-electron chi connectivity index (χ3n) is 2.08. The molecule has 0 aromatic carbocycles. The smallest absolute Gasteiger partial charge is 0.324 e. The van der Waals surface area contributed by atoms with E-state index in [-0.39, 0.29) is 12.6 Å². The number of urea groups is 1. The topological polar surface area (TPSA) is 75.4 Å². The zero-order valence-electron chi connectivity index (χ0n) is 7.58. The third kappa shape index (κ3) is 3.02. The molecule has 3 amide bonds. The van der Waals surface area contributed by atoms with Crippen LogP contribution in [0.2, 0.25) is 0 Å². The van der Waals surface area contributed by atoms with Crippen molar-refractivity contribution in [3.63, 3.8) is 0 Å². The van der Waals surface area contributed by atoms with Crippen LogP contribution in [0.4, 0.5) is 4.79 Å². The Balaban J connectivity index is 2.33. The molecule has 0 spiro atoms. The summed E-state index contributed by atoms with van der Waals surface area (Å²) < 4.78 is 0. The van der Waals surface area contributed by atoms with Gasteiger partial charge in [-0.1, -0.05) is 0 Å². The maximum atomic E-state index is 11.3. The summed E-state index contributed by atoms with van der Waals surface area (Å²) in [4.78, 5) is 23.7. The van der Waals surface area contributed by atoms with Gasteiger partial charge in [0, 0.05) is 13.1 Å². The van der Waals surface area contributed by atoms with Crippen LogP contribution >= 0.6 is 0 Å². The quantitative estimate of drug-likeness (QED) is 0.587. The largest absolute Gasteiger partial charge is 0.324 e. The highest BCUT2D eigenvalue weighted by atomic mass is 16.2. The number of nitrogens with zero attached hydrogens (tertiary/aromatic N) is 1. The minimum atomic E-state index is -0.421. The van der Waals surface area contributed by atoms with Crippen LogP contribution in [0.1, 0.15) is 19.3 Å². The van der Waals surface area contributed by atoms with E-state index in [4.69, 9.17) is 5.73 Å². The molecule has 3 N–H and O–H groups in total. The van der Waals surface area contributed by atoms with Crippen molar-refractivity contribution in [2.24, 2.45) is 5.73 Å². The molecule has 1 saturated heterocycles. The Morgan fingerprint density at radius 1 is 1.23 bits per heavy atom. The molecule has 1 aliphatic heterocycles. The summed E-state index contributed by atoms with van der Waals surface area (Å²) in [5.74, 6) is -0.421. The number of carbonyl (C=O) groups is 2. The molecular formula is C8H15N3O2. The molecule has 5 heteroatoms. The van der Waals surface area contributed by atoms with Gasteiger partial charge < -0.3 is 10.6 Å². The molecule has 0 aliphatic carbocycles. The predicted molar refractivity (Wildman–Crippen MR) is 48.0 cm³/mol. The third-order valence-corrected chi connectivity index (χ3v) is 2.08. The molecule has 0 bridgehead atoms. The first-order valence-corrected chi connectivity index (χ1v) is 4.53. The molecule has 0 saturated carbocycles. The van der Waals surface area contributed by atoms with Crippen LogP contribution < -0.4 is 11.1 Å². The monoisotopic (exact) mass is 185 g/mol. The van der Waals surface area contributed by atoms with Crippen molar-refractivity contribution in [1.29, 1.82) is 0 Å². The average molecular weight is 185 g/mol. The first-order chi connectivity index (χ1) is 6.24. The van der Waals surface area contributed by atoms with Crippen molar-refractivity contribution >= 4 is 11.9 Å². The van der Waals surface area contributed by atoms with Gasteiger partial charge in [0.05, 0.1) is 6.54 Å². The van der Waals surface area contributed by atoms with Crippen LogP contribution in [0.15, 0.2) is 0 Å². The van der Waals surface area contributed by atoms with Gasteiger partial charge in [0.1, 0.15) is 0 Å². The zero-order valence-corrected chi connectivity index (χ0v) is 7.58. The fourth-order valence-corrected chi connectivity index (χ4v) is 1.35. The van der Waals surface area contributed by atoms with E-state index >= 15 is 0 Å². The van der Waals surface area contributed by atoms with Crippen molar-refractivity contribution in [3.8, 4) is 0 Å². The summed E-state index contributed by atoms with van der Waals surface area (Å²) in [6, 6.07) is -0.310. The van der Waals surface area contributed by atoms with Crippen LogP contribution in [0.5, 0.6) is 0 Å². The second-order valence-corrected chi connectivity index (χ2v) is 3.11. The predicted octanol–water partition coefficient (Wildman–Crippen LogP) is -0.333. The highest BCUT2D eigenvalue weighted by Crippen LogP contribution is 2.07. The van der Waals surface area contributed by atoms with E-state index < -0.39 is 5.91 Å². The van der Waals surface area contributed by atoms with Crippen LogP contribution in [0.25, 0.3) is 0 Å². The van der Waals surface area contributed by atoms with Gasteiger partial charge in [-0.3, -0.25) is 10.1 Å². The summed E-state index contributed by atoms with van der Waals surface area (Å²) in [6.07, 6.45) is 3.20. The summed E-state index contributed by atoms with van der Waals surface area (Å²) in [5, 5.41) is 2.22. The molecule has 13 heavy (non-hydrogen) atoms. The molecule has 1 aliphatic rings. The SMILES string of the molecule is NCC(=O)NC(=O)N1CCCCC1. The lowest BCUT2D eigenvalue weighted by atomic mass is 10.1. The van der Waals surface area contributed by atoms with Gasteiger partial charge in [0.25, 0.3) is 0 Å². The van der Waals surface area contributed by atoms with E-state index in [2.05, 4.69) is 5.32 Å². The van der Waals surface area contributed by atoms with E-state index in [9.17, 15) is 9.59 Å². The molecule has 1 rings (SSSR count). The molecule has 0 aromatic heterocycles. The van der Waals surface area contributed by atoms with E-state index in [0.29, 0.717) is 0 Å². The fourth-order valence-electron chi connectivity index (χ4n) is 1.35. The number of likely N-dealkylation sites (tertiary alicyclic amines) is 1. The Morgan fingerprint density at radius 2 is 1.85 bits per heavy atom. The van der Waals surface area contributed by atoms with E-state index in [0.717, 1.165) is 32.4 Å². The number of nitrogens with two attached hydrogens (primary N) is 1. The van der Waals surface area contributed by atoms with Gasteiger partial charge in [-0.25, -0.2) is 4.79 Å². The van der Waals surface area contributed by atoms with Crippen molar-refractivity contribution < 1.29 is 9.59 Å². The van der Waals surface area contributed by atoms with Crippen molar-refractivity contribution in [2.75, 3.05) is 19.6 Å². The maximum Gasteiger partial charge on any atom is 0.324 e. The lowest BCUT2D eigenvalue weighted by Gasteiger charge is -2.26. The fraction of sp³-hybridized carbons (Fsp3) is 0.750. The van der Waals surface area contributed by atoms with E-state index in [1.165, 1.54) is 0 Å². The van der Waals surface area contributed by atoms with Gasteiger partial charge >= 0.3 is 6.03 Å². The molecule has 1 fully saturated rings. The molecule has 74 valence electrons. The molecule has 0 unspecified atom stereocenters. The summed E-state index contributed by atoms with van der Waals surface area (Å²) >= 11 is 0. The number of amides is 3. The Morgan fingerprint density at radius 3 is 2.38 bits per heavy atom. The van der Waals surface area contributed by atoms with Crippen LogP contribution in [0, 0.1) is 0 Å². The van der Waals surface area contributed by atoms with Crippen molar-refractivity contribution in [2.45, 2.75) is 19.3 Å². The number of rotatable bonds is 1. The first kappa shape index (κ1) is 9.98. The number of carbonyl (C=O) groups excluding carboxylic acids is 2. The van der Waals surface area contributed by atoms with Crippen LogP contribution in [-0.2, 0) is 4.79 Å². The minimum absolute atomic E-state index is 0.139. The highest BCUT2D eigenvalue weighted by Gasteiger charge is 2.17. The van der Waals surface area contributed by atoms with E-state index in [1.807, 2.05) is 0 Å². The van der Waals surface area contributed by atoms with Crippen LogP contribution in [-0.4, -0.2) is 36.5 Å². The maximum absolute atomic E-state index is 11.3. The first-order valence-electron chi connectivity index (χ1n) is 4.53. The Labute approximate surface area is 77.3 Å². The van der Waals surface area contributed by atoms with Gasteiger partial charge in [-0.05, 0) is 19.3 Å². The lowest BCUT2D eigenvalue weighted by Crippen LogP contribution is -2.46. The van der Waals surface area contributed by atoms with Crippen molar-refractivity contribution in [3.05, 3.63) is 0 Å². The molecule has 0 atom stereocenters. The second kappa shape index (κ2) is 4.81. The van der Waals surface area contributed by atoms with Crippen molar-refractivity contribution in [1.82, 2.24) is 10.2 Å². The van der Waals surface area contributed by atoms with Gasteiger partial charge in [-0.2, -0.15) is 0 Å². The normalized spacial score (nSPS) is 16.8. The second-order valence-electron chi connectivity index (χ2n) is 3.11. The standard InChI is InChI=1S/C8H15N3O2/c9-6-7(12)10-8(13)11-4-2-1-3-5-11/h1-6,9H2,(H,10,12,13). The summed E-state index contributed by atoms with van der Waals surface area (Å²) in [5.41, 5.74) is 5.07. The number of hydrogen-bond acceptors (Lipinski definition) is 3. The lowest BCUT2D eigenvalue weighted by molar-refractivity contribution is -0.118. The van der Waals surface area contributed by atoms with Gasteiger partial charge in [0.15, 0.2) is 0 Å². The number of imide groups is 1. The molecule has 1 heterocycles. The summed E-state index contributed by atoms with van der Waals surface area (Å²) in [7, 11) is 0. The molecule has 5 nitrogen and oxygen atoms in total. The molecule has 0 radical (unpaired) electrons. The summed E-state index contributed by atoms with van der Waals surface area (Å²) in [6.45, 7) is 1.34. The zero-order chi connectivity index (χ0) is 9.68. The number of nitrogens with one attached hydrogen (secondary N) is 1. The molecular weight excluding hydrogens is 170 g/mol.